The lowest BCUT2D eigenvalue weighted by atomic mass is 10.2. The number of nitrogens with one attached hydrogen (secondary N) is 1. The molecule has 0 unspecified atom stereocenters. The fraction of sp³-hybridized carbons (Fsp3) is 0.235. The summed E-state index contributed by atoms with van der Waals surface area (Å²) < 4.78 is 0. The van der Waals surface area contributed by atoms with E-state index in [-0.39, 0.29) is 18.4 Å². The molecule has 1 aromatic carbocycles. The molecule has 0 radical (unpaired) electrons. The Labute approximate surface area is 130 Å². The SMILES string of the molecule is CC(=O)N(CC(=O)NCc1ccncc1)c1ccccc1C. The summed E-state index contributed by atoms with van der Waals surface area (Å²) in [7, 11) is 0. The Morgan fingerprint density at radius 2 is 1.82 bits per heavy atom. The summed E-state index contributed by atoms with van der Waals surface area (Å²) in [5.41, 5.74) is 2.68. The number of anilines is 1. The molecule has 5 heteroatoms. The van der Waals surface area contributed by atoms with Crippen molar-refractivity contribution in [2.24, 2.45) is 0 Å². The topological polar surface area (TPSA) is 62.3 Å². The zero-order valence-electron chi connectivity index (χ0n) is 12.7. The van der Waals surface area contributed by atoms with Crippen molar-refractivity contribution in [2.45, 2.75) is 20.4 Å². The largest absolute Gasteiger partial charge is 0.350 e. The van der Waals surface area contributed by atoms with Gasteiger partial charge >= 0.3 is 0 Å². The first kappa shape index (κ1) is 15.7. The van der Waals surface area contributed by atoms with Crippen LogP contribution < -0.4 is 10.2 Å². The van der Waals surface area contributed by atoms with Crippen LogP contribution in [0.15, 0.2) is 48.8 Å². The third-order valence-electron chi connectivity index (χ3n) is 3.33. The Morgan fingerprint density at radius 1 is 1.14 bits per heavy atom. The molecule has 0 aliphatic rings. The van der Waals surface area contributed by atoms with Crippen molar-refractivity contribution in [2.75, 3.05) is 11.4 Å². The van der Waals surface area contributed by atoms with Crippen molar-refractivity contribution in [3.63, 3.8) is 0 Å². The number of carbonyl (C=O) groups is 2. The summed E-state index contributed by atoms with van der Waals surface area (Å²) >= 11 is 0. The predicted octanol–water partition coefficient (Wildman–Crippen LogP) is 2.06. The van der Waals surface area contributed by atoms with Crippen molar-refractivity contribution in [3.8, 4) is 0 Å². The van der Waals surface area contributed by atoms with E-state index >= 15 is 0 Å². The van der Waals surface area contributed by atoms with Crippen molar-refractivity contribution < 1.29 is 9.59 Å². The van der Waals surface area contributed by atoms with E-state index in [1.54, 1.807) is 12.4 Å². The molecule has 0 atom stereocenters. The van der Waals surface area contributed by atoms with Gasteiger partial charge in [0, 0.05) is 31.5 Å². The zero-order valence-corrected chi connectivity index (χ0v) is 12.7. The molecule has 0 bridgehead atoms. The highest BCUT2D eigenvalue weighted by atomic mass is 16.2. The molecular formula is C17H19N3O2. The predicted molar refractivity (Wildman–Crippen MR) is 85.3 cm³/mol. The quantitative estimate of drug-likeness (QED) is 0.919. The lowest BCUT2D eigenvalue weighted by Crippen LogP contribution is -2.39. The molecule has 5 nitrogen and oxygen atoms in total. The van der Waals surface area contributed by atoms with Crippen molar-refractivity contribution in [1.29, 1.82) is 0 Å². The fourth-order valence-electron chi connectivity index (χ4n) is 2.13. The molecule has 0 spiro atoms. The van der Waals surface area contributed by atoms with Gasteiger partial charge in [0.2, 0.25) is 11.8 Å². The highest BCUT2D eigenvalue weighted by molar-refractivity contribution is 5.98. The van der Waals surface area contributed by atoms with Crippen LogP contribution in [0.1, 0.15) is 18.1 Å². The summed E-state index contributed by atoms with van der Waals surface area (Å²) in [4.78, 5) is 29.4. The van der Waals surface area contributed by atoms with E-state index in [2.05, 4.69) is 10.3 Å². The van der Waals surface area contributed by atoms with Crippen LogP contribution in [0.25, 0.3) is 0 Å². The van der Waals surface area contributed by atoms with Gasteiger partial charge in [-0.15, -0.1) is 0 Å². The number of carbonyl (C=O) groups excluding carboxylic acids is 2. The second kappa shape index (κ2) is 7.36. The van der Waals surface area contributed by atoms with E-state index in [9.17, 15) is 9.59 Å². The van der Waals surface area contributed by atoms with E-state index in [0.717, 1.165) is 16.8 Å². The van der Waals surface area contributed by atoms with Gasteiger partial charge in [-0.2, -0.15) is 0 Å². The first-order valence-corrected chi connectivity index (χ1v) is 7.07. The molecule has 2 amide bonds. The van der Waals surface area contributed by atoms with E-state index in [0.29, 0.717) is 6.54 Å². The number of para-hydroxylation sites is 1. The average molecular weight is 297 g/mol. The van der Waals surface area contributed by atoms with Gasteiger partial charge in [0.05, 0.1) is 0 Å². The van der Waals surface area contributed by atoms with Crippen LogP contribution in [-0.2, 0) is 16.1 Å². The highest BCUT2D eigenvalue weighted by Crippen LogP contribution is 2.19. The van der Waals surface area contributed by atoms with Gasteiger partial charge in [-0.1, -0.05) is 18.2 Å². The maximum absolute atomic E-state index is 12.1. The lowest BCUT2D eigenvalue weighted by molar-refractivity contribution is -0.123. The van der Waals surface area contributed by atoms with Gasteiger partial charge in [0.25, 0.3) is 0 Å². The monoisotopic (exact) mass is 297 g/mol. The molecule has 22 heavy (non-hydrogen) atoms. The minimum Gasteiger partial charge on any atom is -0.350 e. The number of aromatic nitrogens is 1. The van der Waals surface area contributed by atoms with Gasteiger partial charge in [-0.3, -0.25) is 14.6 Å². The van der Waals surface area contributed by atoms with Crippen molar-refractivity contribution >= 4 is 17.5 Å². The van der Waals surface area contributed by atoms with Crippen LogP contribution in [0.3, 0.4) is 0 Å². The number of nitrogens with zero attached hydrogens (tertiary/aromatic N) is 2. The molecule has 2 aromatic rings. The van der Waals surface area contributed by atoms with Gasteiger partial charge in [0.1, 0.15) is 6.54 Å². The molecule has 1 heterocycles. The van der Waals surface area contributed by atoms with Crippen LogP contribution in [0.4, 0.5) is 5.69 Å². The van der Waals surface area contributed by atoms with Gasteiger partial charge in [0.15, 0.2) is 0 Å². The first-order chi connectivity index (χ1) is 10.6. The second-order valence-corrected chi connectivity index (χ2v) is 5.02. The molecule has 0 aliphatic carbocycles. The Morgan fingerprint density at radius 3 is 2.45 bits per heavy atom. The molecular weight excluding hydrogens is 278 g/mol. The Kier molecular flexibility index (Phi) is 5.25. The standard InChI is InChI=1S/C17H19N3O2/c1-13-5-3-4-6-16(13)20(14(2)21)12-17(22)19-11-15-7-9-18-10-8-15/h3-10H,11-12H2,1-2H3,(H,19,22). The summed E-state index contributed by atoms with van der Waals surface area (Å²) in [6.07, 6.45) is 3.35. The van der Waals surface area contributed by atoms with Crippen molar-refractivity contribution in [3.05, 3.63) is 59.9 Å². The number of hydrogen-bond acceptors (Lipinski definition) is 3. The number of hydrogen-bond donors (Lipinski definition) is 1. The van der Waals surface area contributed by atoms with Gasteiger partial charge in [-0.25, -0.2) is 0 Å². The van der Waals surface area contributed by atoms with Crippen LogP contribution in [0.5, 0.6) is 0 Å². The number of amides is 2. The fourth-order valence-corrected chi connectivity index (χ4v) is 2.13. The van der Waals surface area contributed by atoms with E-state index in [1.165, 1.54) is 11.8 Å². The number of benzene rings is 1. The smallest absolute Gasteiger partial charge is 0.240 e. The average Bonchev–Trinajstić information content (AvgIpc) is 2.52. The first-order valence-electron chi connectivity index (χ1n) is 7.07. The van der Waals surface area contributed by atoms with E-state index in [1.807, 2.05) is 43.3 Å². The highest BCUT2D eigenvalue weighted by Gasteiger charge is 2.16. The number of aryl methyl sites for hydroxylation is 1. The minimum absolute atomic E-state index is 0.00523. The minimum atomic E-state index is -0.199. The molecule has 0 aliphatic heterocycles. The Hall–Kier alpha value is -2.69. The Bertz CT molecular complexity index is 656. The number of rotatable bonds is 5. The van der Waals surface area contributed by atoms with Crippen LogP contribution in [-0.4, -0.2) is 23.3 Å². The molecule has 0 saturated heterocycles. The Balaban J connectivity index is 2.01. The number of pyridine rings is 1. The van der Waals surface area contributed by atoms with Crippen LogP contribution >= 0.6 is 0 Å². The van der Waals surface area contributed by atoms with E-state index in [4.69, 9.17) is 0 Å². The third-order valence-corrected chi connectivity index (χ3v) is 3.33. The normalized spacial score (nSPS) is 10.1. The molecule has 1 N–H and O–H groups in total. The molecule has 0 saturated carbocycles. The zero-order chi connectivity index (χ0) is 15.9. The summed E-state index contributed by atoms with van der Waals surface area (Å²) in [6.45, 7) is 3.80. The molecule has 2 rings (SSSR count). The molecule has 114 valence electrons. The summed E-state index contributed by atoms with van der Waals surface area (Å²) in [5.74, 6) is -0.358. The molecule has 1 aromatic heterocycles. The van der Waals surface area contributed by atoms with Gasteiger partial charge in [-0.05, 0) is 36.2 Å². The third kappa shape index (κ3) is 4.15. The van der Waals surface area contributed by atoms with Gasteiger partial charge < -0.3 is 10.2 Å². The maximum atomic E-state index is 12.1. The maximum Gasteiger partial charge on any atom is 0.240 e. The lowest BCUT2D eigenvalue weighted by Gasteiger charge is -2.22. The van der Waals surface area contributed by atoms with Crippen LogP contribution in [0, 0.1) is 6.92 Å². The summed E-state index contributed by atoms with van der Waals surface area (Å²) in [6, 6.07) is 11.2. The van der Waals surface area contributed by atoms with Crippen molar-refractivity contribution in [1.82, 2.24) is 10.3 Å². The second-order valence-electron chi connectivity index (χ2n) is 5.02. The van der Waals surface area contributed by atoms with E-state index < -0.39 is 0 Å². The molecule has 0 fully saturated rings. The van der Waals surface area contributed by atoms with Crippen LogP contribution in [0.2, 0.25) is 0 Å². The summed E-state index contributed by atoms with van der Waals surface area (Å²) in [5, 5.41) is 2.81.